The van der Waals surface area contributed by atoms with Crippen LogP contribution in [0.2, 0.25) is 0 Å². The quantitative estimate of drug-likeness (QED) is 0.886. The maximum absolute atomic E-state index is 13.3. The fourth-order valence-corrected chi connectivity index (χ4v) is 2.77. The molecule has 0 saturated carbocycles. The van der Waals surface area contributed by atoms with E-state index >= 15 is 0 Å². The minimum absolute atomic E-state index is 0.0750. The molecular weight excluding hydrogens is 321 g/mol. The van der Waals surface area contributed by atoms with Crippen molar-refractivity contribution >= 4 is 15.9 Å². The Kier molecular flexibility index (Phi) is 5.15. The average Bonchev–Trinajstić information content (AvgIpc) is 2.45. The van der Waals surface area contributed by atoms with E-state index in [1.807, 2.05) is 31.3 Å². The first-order chi connectivity index (χ1) is 9.63. The summed E-state index contributed by atoms with van der Waals surface area (Å²) >= 11 is 3.48. The van der Waals surface area contributed by atoms with Crippen molar-refractivity contribution in [1.82, 2.24) is 5.32 Å². The zero-order valence-electron chi connectivity index (χ0n) is 11.5. The first-order valence-corrected chi connectivity index (χ1v) is 7.18. The van der Waals surface area contributed by atoms with Crippen LogP contribution in [-0.2, 0) is 6.42 Å². The van der Waals surface area contributed by atoms with Crippen LogP contribution in [0.1, 0.15) is 17.2 Å². The van der Waals surface area contributed by atoms with Crippen molar-refractivity contribution in [1.29, 1.82) is 0 Å². The number of methoxy groups -OCH3 is 1. The molecule has 0 saturated heterocycles. The van der Waals surface area contributed by atoms with Gasteiger partial charge in [-0.25, -0.2) is 4.39 Å². The first kappa shape index (κ1) is 15.0. The molecule has 1 unspecified atom stereocenters. The van der Waals surface area contributed by atoms with Crippen LogP contribution >= 0.6 is 15.9 Å². The fraction of sp³-hybridized carbons (Fsp3) is 0.250. The van der Waals surface area contributed by atoms with Crippen LogP contribution in [0.3, 0.4) is 0 Å². The van der Waals surface area contributed by atoms with E-state index in [1.165, 1.54) is 6.07 Å². The van der Waals surface area contributed by atoms with Crippen molar-refractivity contribution < 1.29 is 9.13 Å². The largest absolute Gasteiger partial charge is 0.496 e. The molecule has 1 N–H and O–H groups in total. The molecule has 0 radical (unpaired) electrons. The van der Waals surface area contributed by atoms with E-state index in [2.05, 4.69) is 21.2 Å². The van der Waals surface area contributed by atoms with Gasteiger partial charge in [-0.05, 0) is 64.8 Å². The van der Waals surface area contributed by atoms with Crippen LogP contribution in [0.25, 0.3) is 0 Å². The van der Waals surface area contributed by atoms with Gasteiger partial charge in [-0.15, -0.1) is 0 Å². The monoisotopic (exact) mass is 337 g/mol. The topological polar surface area (TPSA) is 21.3 Å². The lowest BCUT2D eigenvalue weighted by molar-refractivity contribution is 0.412. The Morgan fingerprint density at radius 3 is 2.65 bits per heavy atom. The highest BCUT2D eigenvalue weighted by Gasteiger charge is 2.12. The number of hydrogen-bond acceptors (Lipinski definition) is 2. The highest BCUT2D eigenvalue weighted by Crippen LogP contribution is 2.27. The third-order valence-corrected chi connectivity index (χ3v) is 3.88. The number of hydrogen-bond donors (Lipinski definition) is 1. The minimum Gasteiger partial charge on any atom is -0.496 e. The molecule has 0 fully saturated rings. The third kappa shape index (κ3) is 3.58. The molecule has 0 spiro atoms. The van der Waals surface area contributed by atoms with Crippen molar-refractivity contribution in [3.8, 4) is 5.75 Å². The standard InChI is InChI=1S/C16H17BrFNO/c1-19-15(12-4-3-5-13(18)10-12)9-11-6-7-16(20-2)14(17)8-11/h3-8,10,15,19H,9H2,1-2H3. The van der Waals surface area contributed by atoms with E-state index in [0.29, 0.717) is 0 Å². The Labute approximate surface area is 127 Å². The van der Waals surface area contributed by atoms with Gasteiger partial charge in [0.15, 0.2) is 0 Å². The van der Waals surface area contributed by atoms with Crippen LogP contribution in [-0.4, -0.2) is 14.2 Å². The van der Waals surface area contributed by atoms with E-state index in [1.54, 1.807) is 19.2 Å². The molecule has 2 aromatic carbocycles. The second kappa shape index (κ2) is 6.86. The molecule has 0 aliphatic heterocycles. The van der Waals surface area contributed by atoms with E-state index in [9.17, 15) is 4.39 Å². The average molecular weight is 338 g/mol. The Bertz CT molecular complexity index is 588. The van der Waals surface area contributed by atoms with Gasteiger partial charge in [-0.3, -0.25) is 0 Å². The minimum atomic E-state index is -0.210. The summed E-state index contributed by atoms with van der Waals surface area (Å²) in [5.41, 5.74) is 2.10. The number of ether oxygens (including phenoxy) is 1. The number of likely N-dealkylation sites (N-methyl/N-ethyl adjacent to an activating group) is 1. The highest BCUT2D eigenvalue weighted by molar-refractivity contribution is 9.10. The van der Waals surface area contributed by atoms with Crippen molar-refractivity contribution in [2.45, 2.75) is 12.5 Å². The lowest BCUT2D eigenvalue weighted by atomic mass is 9.99. The Morgan fingerprint density at radius 2 is 2.05 bits per heavy atom. The molecule has 106 valence electrons. The van der Waals surface area contributed by atoms with Gasteiger partial charge >= 0.3 is 0 Å². The number of benzene rings is 2. The van der Waals surface area contributed by atoms with E-state index in [-0.39, 0.29) is 11.9 Å². The van der Waals surface area contributed by atoms with Crippen molar-refractivity contribution in [2.75, 3.05) is 14.2 Å². The van der Waals surface area contributed by atoms with Gasteiger partial charge in [0.1, 0.15) is 11.6 Å². The second-order valence-corrected chi connectivity index (χ2v) is 5.42. The molecule has 0 aliphatic rings. The SMILES string of the molecule is CNC(Cc1ccc(OC)c(Br)c1)c1cccc(F)c1. The molecule has 0 aliphatic carbocycles. The highest BCUT2D eigenvalue weighted by atomic mass is 79.9. The van der Waals surface area contributed by atoms with Crippen LogP contribution in [0, 0.1) is 5.82 Å². The van der Waals surface area contributed by atoms with Crippen LogP contribution < -0.4 is 10.1 Å². The summed E-state index contributed by atoms with van der Waals surface area (Å²) in [7, 11) is 3.52. The van der Waals surface area contributed by atoms with Gasteiger partial charge in [0, 0.05) is 6.04 Å². The first-order valence-electron chi connectivity index (χ1n) is 6.39. The summed E-state index contributed by atoms with van der Waals surface area (Å²) in [5, 5.41) is 3.23. The van der Waals surface area contributed by atoms with Crippen molar-refractivity contribution in [3.05, 3.63) is 63.9 Å². The molecule has 4 heteroatoms. The van der Waals surface area contributed by atoms with E-state index in [4.69, 9.17) is 4.74 Å². The predicted molar refractivity (Wildman–Crippen MR) is 82.6 cm³/mol. The summed E-state index contributed by atoms with van der Waals surface area (Å²) in [6.45, 7) is 0. The molecule has 20 heavy (non-hydrogen) atoms. The molecule has 0 amide bonds. The zero-order chi connectivity index (χ0) is 14.5. The molecule has 2 aromatic rings. The molecule has 0 heterocycles. The normalized spacial score (nSPS) is 12.2. The van der Waals surface area contributed by atoms with Crippen LogP contribution in [0.4, 0.5) is 4.39 Å². The summed E-state index contributed by atoms with van der Waals surface area (Å²) in [6.07, 6.45) is 0.780. The van der Waals surface area contributed by atoms with Crippen LogP contribution in [0.5, 0.6) is 5.75 Å². The molecule has 1 atom stereocenters. The summed E-state index contributed by atoms with van der Waals surface area (Å²) < 4.78 is 19.5. The lowest BCUT2D eigenvalue weighted by Gasteiger charge is -2.17. The molecule has 0 bridgehead atoms. The molecule has 2 rings (SSSR count). The smallest absolute Gasteiger partial charge is 0.133 e. The van der Waals surface area contributed by atoms with Gasteiger partial charge in [0.2, 0.25) is 0 Å². The van der Waals surface area contributed by atoms with E-state index in [0.717, 1.165) is 27.8 Å². The summed E-state index contributed by atoms with van der Waals surface area (Å²) in [5.74, 6) is 0.596. The number of rotatable bonds is 5. The maximum Gasteiger partial charge on any atom is 0.133 e. The van der Waals surface area contributed by atoms with Crippen LogP contribution in [0.15, 0.2) is 46.9 Å². The van der Waals surface area contributed by atoms with E-state index < -0.39 is 0 Å². The van der Waals surface area contributed by atoms with Crippen molar-refractivity contribution in [3.63, 3.8) is 0 Å². The van der Waals surface area contributed by atoms with Gasteiger partial charge in [0.05, 0.1) is 11.6 Å². The molecular formula is C16H17BrFNO. The van der Waals surface area contributed by atoms with Crippen molar-refractivity contribution in [2.24, 2.45) is 0 Å². The van der Waals surface area contributed by atoms with Gasteiger partial charge < -0.3 is 10.1 Å². The maximum atomic E-state index is 13.3. The molecule has 0 aromatic heterocycles. The van der Waals surface area contributed by atoms with Gasteiger partial charge in [-0.2, -0.15) is 0 Å². The second-order valence-electron chi connectivity index (χ2n) is 4.57. The Hall–Kier alpha value is -1.39. The fourth-order valence-electron chi connectivity index (χ4n) is 2.18. The number of halogens is 2. The summed E-state index contributed by atoms with van der Waals surface area (Å²) in [6, 6.07) is 12.8. The molecule has 2 nitrogen and oxygen atoms in total. The van der Waals surface area contributed by atoms with Gasteiger partial charge in [0.25, 0.3) is 0 Å². The predicted octanol–water partition coefficient (Wildman–Crippen LogP) is 4.10. The third-order valence-electron chi connectivity index (χ3n) is 3.26. The Balaban J connectivity index is 2.20. The zero-order valence-corrected chi connectivity index (χ0v) is 13.1. The summed E-state index contributed by atoms with van der Waals surface area (Å²) in [4.78, 5) is 0. The van der Waals surface area contributed by atoms with Gasteiger partial charge in [-0.1, -0.05) is 18.2 Å². The Morgan fingerprint density at radius 1 is 1.25 bits per heavy atom. The number of nitrogens with one attached hydrogen (secondary N) is 1. The lowest BCUT2D eigenvalue weighted by Crippen LogP contribution is -2.19.